The van der Waals surface area contributed by atoms with Crippen molar-refractivity contribution in [3.63, 3.8) is 0 Å². The van der Waals surface area contributed by atoms with Crippen molar-refractivity contribution in [2.45, 2.75) is 12.8 Å². The van der Waals surface area contributed by atoms with Gasteiger partial charge in [-0.05, 0) is 46.9 Å². The lowest BCUT2D eigenvalue weighted by atomic mass is 9.98. The molecule has 0 aromatic heterocycles. The standard InChI is InChI=1S/C29H23NO4/c1-18-7-6-8-19(15-18)21-14-13-20(28(31)32)16-27(21)30-29(33)34-17-26-24-11-4-2-9-22(24)23-10-3-5-12-25(23)26/h2-16,26H,17H2,1H3,(H,30,33)(H,31,32). The number of benzene rings is 4. The summed E-state index contributed by atoms with van der Waals surface area (Å²) in [4.78, 5) is 24.4. The van der Waals surface area contributed by atoms with Crippen molar-refractivity contribution in [1.29, 1.82) is 0 Å². The predicted octanol–water partition coefficient (Wildman–Crippen LogP) is 6.72. The number of fused-ring (bicyclic) bond motifs is 3. The number of rotatable bonds is 5. The molecule has 0 heterocycles. The second-order valence-corrected chi connectivity index (χ2v) is 8.39. The van der Waals surface area contributed by atoms with Crippen molar-refractivity contribution in [3.8, 4) is 22.3 Å². The van der Waals surface area contributed by atoms with Crippen LogP contribution in [-0.4, -0.2) is 23.8 Å². The van der Waals surface area contributed by atoms with Crippen molar-refractivity contribution < 1.29 is 19.4 Å². The van der Waals surface area contributed by atoms with Gasteiger partial charge in [-0.1, -0.05) is 84.4 Å². The van der Waals surface area contributed by atoms with Crippen molar-refractivity contribution >= 4 is 17.7 Å². The van der Waals surface area contributed by atoms with Crippen LogP contribution in [-0.2, 0) is 4.74 Å². The van der Waals surface area contributed by atoms with Crippen molar-refractivity contribution in [1.82, 2.24) is 0 Å². The van der Waals surface area contributed by atoms with Gasteiger partial charge in [0.1, 0.15) is 6.61 Å². The molecule has 0 bridgehead atoms. The highest BCUT2D eigenvalue weighted by Gasteiger charge is 2.29. The lowest BCUT2D eigenvalue weighted by Gasteiger charge is -2.16. The molecule has 5 rings (SSSR count). The van der Waals surface area contributed by atoms with Gasteiger partial charge in [-0.15, -0.1) is 0 Å². The van der Waals surface area contributed by atoms with Crippen LogP contribution in [0.4, 0.5) is 10.5 Å². The van der Waals surface area contributed by atoms with E-state index in [1.54, 1.807) is 6.07 Å². The Labute approximate surface area is 197 Å². The molecule has 5 nitrogen and oxygen atoms in total. The fourth-order valence-corrected chi connectivity index (χ4v) is 4.59. The first kappa shape index (κ1) is 21.5. The van der Waals surface area contributed by atoms with E-state index >= 15 is 0 Å². The van der Waals surface area contributed by atoms with Crippen LogP contribution < -0.4 is 5.32 Å². The Morgan fingerprint density at radius 1 is 0.824 bits per heavy atom. The zero-order valence-corrected chi connectivity index (χ0v) is 18.6. The second-order valence-electron chi connectivity index (χ2n) is 8.39. The molecular formula is C29H23NO4. The molecule has 1 amide bonds. The van der Waals surface area contributed by atoms with E-state index in [1.165, 1.54) is 12.1 Å². The van der Waals surface area contributed by atoms with E-state index in [0.29, 0.717) is 5.69 Å². The van der Waals surface area contributed by atoms with E-state index in [0.717, 1.165) is 38.9 Å². The Morgan fingerprint density at radius 2 is 1.50 bits per heavy atom. The van der Waals surface area contributed by atoms with Crippen LogP contribution in [0.25, 0.3) is 22.3 Å². The third-order valence-corrected chi connectivity index (χ3v) is 6.18. The highest BCUT2D eigenvalue weighted by Crippen LogP contribution is 2.44. The molecule has 0 saturated carbocycles. The Balaban J connectivity index is 1.39. The summed E-state index contributed by atoms with van der Waals surface area (Å²) in [6.45, 7) is 2.16. The van der Waals surface area contributed by atoms with Crippen LogP contribution in [0.5, 0.6) is 0 Å². The maximum absolute atomic E-state index is 12.8. The molecule has 0 unspecified atom stereocenters. The quantitative estimate of drug-likeness (QED) is 0.355. The van der Waals surface area contributed by atoms with E-state index < -0.39 is 12.1 Å². The summed E-state index contributed by atoms with van der Waals surface area (Å²) in [6, 6.07) is 28.8. The highest BCUT2D eigenvalue weighted by atomic mass is 16.5. The van der Waals surface area contributed by atoms with Gasteiger partial charge in [-0.2, -0.15) is 0 Å². The number of carbonyl (C=O) groups excluding carboxylic acids is 1. The minimum atomic E-state index is -1.06. The molecule has 4 aromatic carbocycles. The number of carboxylic acid groups (broad SMARTS) is 1. The van der Waals surface area contributed by atoms with E-state index in [9.17, 15) is 14.7 Å². The zero-order chi connectivity index (χ0) is 23.7. The van der Waals surface area contributed by atoms with Crippen LogP contribution in [0.1, 0.15) is 33.0 Å². The number of hydrogen-bond donors (Lipinski definition) is 2. The van der Waals surface area contributed by atoms with Crippen molar-refractivity contribution in [2.24, 2.45) is 0 Å². The van der Waals surface area contributed by atoms with E-state index in [2.05, 4.69) is 29.6 Å². The SMILES string of the molecule is Cc1cccc(-c2ccc(C(=O)O)cc2NC(=O)OCC2c3ccccc3-c3ccccc32)c1. The van der Waals surface area contributed by atoms with Gasteiger partial charge in [-0.3, -0.25) is 5.32 Å². The average molecular weight is 450 g/mol. The first-order valence-electron chi connectivity index (χ1n) is 11.1. The second kappa shape index (κ2) is 8.87. The molecule has 1 aliphatic rings. The number of aryl methyl sites for hydroxylation is 1. The molecule has 0 saturated heterocycles. The lowest BCUT2D eigenvalue weighted by molar-refractivity contribution is 0.0696. The summed E-state index contributed by atoms with van der Waals surface area (Å²) in [5.41, 5.74) is 7.72. The molecule has 2 N–H and O–H groups in total. The molecule has 0 fully saturated rings. The van der Waals surface area contributed by atoms with E-state index in [4.69, 9.17) is 4.74 Å². The van der Waals surface area contributed by atoms with Crippen molar-refractivity contribution in [3.05, 3.63) is 113 Å². The first-order valence-corrected chi connectivity index (χ1v) is 11.1. The normalized spacial score (nSPS) is 12.0. The molecule has 168 valence electrons. The summed E-state index contributed by atoms with van der Waals surface area (Å²) in [5, 5.41) is 12.2. The van der Waals surface area contributed by atoms with Gasteiger partial charge in [0.25, 0.3) is 0 Å². The smallest absolute Gasteiger partial charge is 0.411 e. The molecule has 4 aromatic rings. The third kappa shape index (κ3) is 4.04. The maximum atomic E-state index is 12.8. The maximum Gasteiger partial charge on any atom is 0.411 e. The van der Waals surface area contributed by atoms with Gasteiger partial charge in [0, 0.05) is 11.5 Å². The van der Waals surface area contributed by atoms with Crippen LogP contribution in [0.15, 0.2) is 91.0 Å². The number of ether oxygens (including phenoxy) is 1. The summed E-state index contributed by atoms with van der Waals surface area (Å²) in [7, 11) is 0. The van der Waals surface area contributed by atoms with Crippen molar-refractivity contribution in [2.75, 3.05) is 11.9 Å². The molecule has 0 radical (unpaired) electrons. The fraction of sp³-hybridized carbons (Fsp3) is 0.103. The topological polar surface area (TPSA) is 75.6 Å². The number of anilines is 1. The largest absolute Gasteiger partial charge is 0.478 e. The lowest BCUT2D eigenvalue weighted by Crippen LogP contribution is -2.18. The van der Waals surface area contributed by atoms with Gasteiger partial charge in [0.15, 0.2) is 0 Å². The molecule has 34 heavy (non-hydrogen) atoms. The monoisotopic (exact) mass is 449 g/mol. The van der Waals surface area contributed by atoms with E-state index in [1.807, 2.05) is 55.5 Å². The Bertz CT molecular complexity index is 1360. The molecular weight excluding hydrogens is 426 g/mol. The van der Waals surface area contributed by atoms with Gasteiger partial charge >= 0.3 is 12.1 Å². The summed E-state index contributed by atoms with van der Waals surface area (Å²) < 4.78 is 5.66. The summed E-state index contributed by atoms with van der Waals surface area (Å²) in [5.74, 6) is -1.12. The Hall–Kier alpha value is -4.38. The molecule has 5 heteroatoms. The van der Waals surface area contributed by atoms with Gasteiger partial charge in [0.2, 0.25) is 0 Å². The Morgan fingerprint density at radius 3 is 2.15 bits per heavy atom. The van der Waals surface area contributed by atoms with Gasteiger partial charge in [0.05, 0.1) is 11.3 Å². The third-order valence-electron chi connectivity index (χ3n) is 6.18. The highest BCUT2D eigenvalue weighted by molar-refractivity contribution is 5.96. The summed E-state index contributed by atoms with van der Waals surface area (Å²) in [6.07, 6.45) is -0.627. The number of carbonyl (C=O) groups is 2. The van der Waals surface area contributed by atoms with Gasteiger partial charge in [-0.25, -0.2) is 9.59 Å². The molecule has 0 aliphatic heterocycles. The molecule has 1 aliphatic carbocycles. The fourth-order valence-electron chi connectivity index (χ4n) is 4.59. The van der Waals surface area contributed by atoms with Crippen LogP contribution in [0.2, 0.25) is 0 Å². The average Bonchev–Trinajstić information content (AvgIpc) is 3.16. The van der Waals surface area contributed by atoms with Crippen LogP contribution in [0, 0.1) is 6.92 Å². The minimum absolute atomic E-state index is 0.0558. The molecule has 0 spiro atoms. The van der Waals surface area contributed by atoms with Crippen LogP contribution >= 0.6 is 0 Å². The Kier molecular flexibility index (Phi) is 5.60. The van der Waals surface area contributed by atoms with E-state index in [-0.39, 0.29) is 18.1 Å². The number of hydrogen-bond acceptors (Lipinski definition) is 3. The number of aromatic carboxylic acids is 1. The van der Waals surface area contributed by atoms with Gasteiger partial charge < -0.3 is 9.84 Å². The number of nitrogens with one attached hydrogen (secondary N) is 1. The summed E-state index contributed by atoms with van der Waals surface area (Å²) >= 11 is 0. The minimum Gasteiger partial charge on any atom is -0.478 e. The number of amides is 1. The molecule has 0 atom stereocenters. The number of carboxylic acids is 1. The first-order chi connectivity index (χ1) is 16.5. The zero-order valence-electron chi connectivity index (χ0n) is 18.6. The predicted molar refractivity (Wildman–Crippen MR) is 132 cm³/mol. The van der Waals surface area contributed by atoms with Crippen LogP contribution in [0.3, 0.4) is 0 Å².